The van der Waals surface area contributed by atoms with E-state index in [1.54, 1.807) is 22.8 Å². The standard InChI is InChI=1S/C15H20N2O3/c1-4-5-6-14(18)16-11-7-8-12-13(9-11)20-15(19)17(12)10(2)3/h7-10H,4-6H2,1-3H3,(H,16,18). The second-order valence-electron chi connectivity index (χ2n) is 5.17. The number of hydrogen-bond acceptors (Lipinski definition) is 3. The Balaban J connectivity index is 2.27. The summed E-state index contributed by atoms with van der Waals surface area (Å²) in [7, 11) is 0. The number of amides is 1. The number of anilines is 1. The quantitative estimate of drug-likeness (QED) is 0.911. The largest absolute Gasteiger partial charge is 0.420 e. The molecule has 2 rings (SSSR count). The predicted octanol–water partition coefficient (Wildman–Crippen LogP) is 3.30. The van der Waals surface area contributed by atoms with Crippen LogP contribution < -0.4 is 11.1 Å². The fourth-order valence-electron chi connectivity index (χ4n) is 2.16. The Morgan fingerprint density at radius 3 is 2.80 bits per heavy atom. The molecule has 2 aromatic rings. The number of nitrogens with zero attached hydrogens (tertiary/aromatic N) is 1. The Hall–Kier alpha value is -2.04. The summed E-state index contributed by atoms with van der Waals surface area (Å²) in [5, 5.41) is 2.82. The monoisotopic (exact) mass is 276 g/mol. The molecule has 0 radical (unpaired) electrons. The summed E-state index contributed by atoms with van der Waals surface area (Å²) in [4.78, 5) is 23.4. The van der Waals surface area contributed by atoms with Crippen molar-refractivity contribution in [2.75, 3.05) is 5.32 Å². The van der Waals surface area contributed by atoms with Crippen molar-refractivity contribution in [2.24, 2.45) is 0 Å². The minimum atomic E-state index is -0.371. The Bertz CT molecular complexity index is 667. The molecule has 0 aliphatic carbocycles. The van der Waals surface area contributed by atoms with Gasteiger partial charge in [-0.25, -0.2) is 4.79 Å². The number of carbonyl (C=O) groups excluding carboxylic acids is 1. The Kier molecular flexibility index (Phi) is 4.27. The maximum absolute atomic E-state index is 11.8. The highest BCUT2D eigenvalue weighted by Gasteiger charge is 2.12. The first-order chi connectivity index (χ1) is 9.52. The lowest BCUT2D eigenvalue weighted by Gasteiger charge is -2.07. The lowest BCUT2D eigenvalue weighted by Crippen LogP contribution is -2.15. The van der Waals surface area contributed by atoms with Crippen LogP contribution in [0, 0.1) is 0 Å². The molecule has 1 aromatic heterocycles. The summed E-state index contributed by atoms with van der Waals surface area (Å²) in [6.07, 6.45) is 2.36. The van der Waals surface area contributed by atoms with E-state index in [9.17, 15) is 9.59 Å². The van der Waals surface area contributed by atoms with Gasteiger partial charge >= 0.3 is 5.76 Å². The van der Waals surface area contributed by atoms with E-state index in [2.05, 4.69) is 5.32 Å². The van der Waals surface area contributed by atoms with E-state index in [-0.39, 0.29) is 17.7 Å². The van der Waals surface area contributed by atoms with Crippen LogP contribution in [0.4, 0.5) is 5.69 Å². The molecule has 0 atom stereocenters. The van der Waals surface area contributed by atoms with Crippen molar-refractivity contribution in [1.29, 1.82) is 0 Å². The van der Waals surface area contributed by atoms with Crippen LogP contribution in [0.15, 0.2) is 27.4 Å². The molecule has 1 heterocycles. The van der Waals surface area contributed by atoms with E-state index in [1.165, 1.54) is 0 Å². The highest BCUT2D eigenvalue weighted by atomic mass is 16.4. The van der Waals surface area contributed by atoms with E-state index < -0.39 is 0 Å². The fraction of sp³-hybridized carbons (Fsp3) is 0.467. The molecule has 0 unspecified atom stereocenters. The van der Waals surface area contributed by atoms with Gasteiger partial charge < -0.3 is 9.73 Å². The minimum Gasteiger partial charge on any atom is -0.408 e. The van der Waals surface area contributed by atoms with E-state index in [0.717, 1.165) is 18.4 Å². The van der Waals surface area contributed by atoms with Crippen LogP contribution in [-0.4, -0.2) is 10.5 Å². The summed E-state index contributed by atoms with van der Waals surface area (Å²) < 4.78 is 6.82. The summed E-state index contributed by atoms with van der Waals surface area (Å²) in [5.41, 5.74) is 1.90. The van der Waals surface area contributed by atoms with E-state index >= 15 is 0 Å². The van der Waals surface area contributed by atoms with Gasteiger partial charge in [0.2, 0.25) is 5.91 Å². The van der Waals surface area contributed by atoms with Crippen molar-refractivity contribution in [3.63, 3.8) is 0 Å². The van der Waals surface area contributed by atoms with Crippen molar-refractivity contribution in [1.82, 2.24) is 4.57 Å². The van der Waals surface area contributed by atoms with Gasteiger partial charge in [-0.1, -0.05) is 13.3 Å². The van der Waals surface area contributed by atoms with Crippen LogP contribution in [0.2, 0.25) is 0 Å². The van der Waals surface area contributed by atoms with Crippen molar-refractivity contribution >= 4 is 22.7 Å². The van der Waals surface area contributed by atoms with Crippen LogP contribution >= 0.6 is 0 Å². The molecule has 1 aromatic carbocycles. The average molecular weight is 276 g/mol. The van der Waals surface area contributed by atoms with E-state index in [0.29, 0.717) is 17.7 Å². The Morgan fingerprint density at radius 2 is 2.15 bits per heavy atom. The third-order valence-corrected chi connectivity index (χ3v) is 3.17. The summed E-state index contributed by atoms with van der Waals surface area (Å²) in [6.45, 7) is 5.90. The lowest BCUT2D eigenvalue weighted by molar-refractivity contribution is -0.116. The smallest absolute Gasteiger partial charge is 0.408 e. The fourth-order valence-corrected chi connectivity index (χ4v) is 2.16. The lowest BCUT2D eigenvalue weighted by atomic mass is 10.2. The zero-order valence-corrected chi connectivity index (χ0v) is 12.1. The molecule has 0 spiro atoms. The van der Waals surface area contributed by atoms with Gasteiger partial charge in [-0.05, 0) is 32.4 Å². The second kappa shape index (κ2) is 5.94. The third kappa shape index (κ3) is 2.92. The molecule has 0 aliphatic rings. The van der Waals surface area contributed by atoms with Crippen LogP contribution in [0.3, 0.4) is 0 Å². The molecular weight excluding hydrogens is 256 g/mol. The van der Waals surface area contributed by atoms with E-state index in [4.69, 9.17) is 4.42 Å². The molecular formula is C15H20N2O3. The SMILES string of the molecule is CCCCC(=O)Nc1ccc2c(c1)oc(=O)n2C(C)C. The number of nitrogens with one attached hydrogen (secondary N) is 1. The first-order valence-electron chi connectivity index (χ1n) is 6.98. The van der Waals surface area contributed by atoms with Gasteiger partial charge in [0.1, 0.15) is 0 Å². The number of fused-ring (bicyclic) bond motifs is 1. The molecule has 20 heavy (non-hydrogen) atoms. The normalized spacial score (nSPS) is 11.2. The van der Waals surface area contributed by atoms with Crippen molar-refractivity contribution < 1.29 is 9.21 Å². The molecule has 0 aliphatic heterocycles. The van der Waals surface area contributed by atoms with E-state index in [1.807, 2.05) is 20.8 Å². The molecule has 108 valence electrons. The first-order valence-corrected chi connectivity index (χ1v) is 6.98. The van der Waals surface area contributed by atoms with Gasteiger partial charge in [0.05, 0.1) is 5.52 Å². The van der Waals surface area contributed by atoms with Gasteiger partial charge in [-0.2, -0.15) is 0 Å². The van der Waals surface area contributed by atoms with Crippen molar-refractivity contribution in [3.05, 3.63) is 28.7 Å². The number of aromatic nitrogens is 1. The number of rotatable bonds is 5. The number of hydrogen-bond donors (Lipinski definition) is 1. The maximum atomic E-state index is 11.8. The number of unbranched alkanes of at least 4 members (excludes halogenated alkanes) is 1. The van der Waals surface area contributed by atoms with Gasteiger partial charge in [0, 0.05) is 24.2 Å². The van der Waals surface area contributed by atoms with Crippen molar-refractivity contribution in [2.45, 2.75) is 46.1 Å². The van der Waals surface area contributed by atoms with Crippen LogP contribution in [0.25, 0.3) is 11.1 Å². The molecule has 5 nitrogen and oxygen atoms in total. The minimum absolute atomic E-state index is 0.0168. The van der Waals surface area contributed by atoms with Crippen LogP contribution in [0.1, 0.15) is 46.1 Å². The van der Waals surface area contributed by atoms with Crippen LogP contribution in [0.5, 0.6) is 0 Å². The van der Waals surface area contributed by atoms with Crippen LogP contribution in [-0.2, 0) is 4.79 Å². The number of oxazole rings is 1. The topological polar surface area (TPSA) is 64.2 Å². The molecule has 0 saturated carbocycles. The van der Waals surface area contributed by atoms with Gasteiger partial charge in [-0.3, -0.25) is 9.36 Å². The highest BCUT2D eigenvalue weighted by Crippen LogP contribution is 2.21. The Morgan fingerprint density at radius 1 is 1.40 bits per heavy atom. The highest BCUT2D eigenvalue weighted by molar-refractivity contribution is 5.92. The van der Waals surface area contributed by atoms with Gasteiger partial charge in [0.25, 0.3) is 0 Å². The molecule has 1 amide bonds. The second-order valence-corrected chi connectivity index (χ2v) is 5.17. The molecule has 1 N–H and O–H groups in total. The molecule has 0 fully saturated rings. The average Bonchev–Trinajstić information content (AvgIpc) is 2.71. The van der Waals surface area contributed by atoms with Crippen molar-refractivity contribution in [3.8, 4) is 0 Å². The summed E-state index contributed by atoms with van der Waals surface area (Å²) in [5.74, 6) is -0.388. The first kappa shape index (κ1) is 14.4. The summed E-state index contributed by atoms with van der Waals surface area (Å²) >= 11 is 0. The zero-order chi connectivity index (χ0) is 14.7. The zero-order valence-electron chi connectivity index (χ0n) is 12.1. The predicted molar refractivity (Wildman–Crippen MR) is 79.0 cm³/mol. The number of carbonyl (C=O) groups is 1. The molecule has 5 heteroatoms. The third-order valence-electron chi connectivity index (χ3n) is 3.17. The molecule has 0 saturated heterocycles. The Labute approximate surface area is 117 Å². The van der Waals surface area contributed by atoms with Gasteiger partial charge in [0.15, 0.2) is 5.58 Å². The summed E-state index contributed by atoms with van der Waals surface area (Å²) in [6, 6.07) is 5.32. The van der Waals surface area contributed by atoms with Gasteiger partial charge in [-0.15, -0.1) is 0 Å². The molecule has 0 bridgehead atoms. The number of benzene rings is 1. The maximum Gasteiger partial charge on any atom is 0.420 e.